The van der Waals surface area contributed by atoms with Gasteiger partial charge in [0.15, 0.2) is 0 Å². The normalized spacial score (nSPS) is 16.1. The van der Waals surface area contributed by atoms with Crippen molar-refractivity contribution >= 4 is 45.0 Å². The van der Waals surface area contributed by atoms with Gasteiger partial charge in [0.1, 0.15) is 5.82 Å². The van der Waals surface area contributed by atoms with E-state index in [0.29, 0.717) is 4.47 Å². The number of nitrogens with zero attached hydrogens (tertiary/aromatic N) is 1. The maximum atomic E-state index is 13.0. The molecule has 3 nitrogen and oxygen atoms in total. The first kappa shape index (κ1) is 11.5. The van der Waals surface area contributed by atoms with Gasteiger partial charge in [0.2, 0.25) is 11.8 Å². The zero-order valence-electron chi connectivity index (χ0n) is 7.97. The van der Waals surface area contributed by atoms with Gasteiger partial charge in [-0.1, -0.05) is 11.6 Å². The van der Waals surface area contributed by atoms with Crippen LogP contribution >= 0.6 is 27.5 Å². The van der Waals surface area contributed by atoms with E-state index in [1.807, 2.05) is 0 Å². The minimum Gasteiger partial charge on any atom is -0.274 e. The van der Waals surface area contributed by atoms with Crippen molar-refractivity contribution < 1.29 is 14.0 Å². The average molecular weight is 307 g/mol. The van der Waals surface area contributed by atoms with Crippen molar-refractivity contribution in [3.05, 3.63) is 27.4 Å². The number of carbonyl (C=O) groups is 2. The van der Waals surface area contributed by atoms with Gasteiger partial charge in [-0.15, -0.1) is 0 Å². The summed E-state index contributed by atoms with van der Waals surface area (Å²) in [6.07, 6.45) is 0.331. The quantitative estimate of drug-likeness (QED) is 0.748. The molecule has 0 aliphatic carbocycles. The Labute approximate surface area is 104 Å². The highest BCUT2D eigenvalue weighted by molar-refractivity contribution is 9.10. The fourth-order valence-corrected chi connectivity index (χ4v) is 2.59. The lowest BCUT2D eigenvalue weighted by molar-refractivity contribution is -0.121. The Balaban J connectivity index is 2.55. The first-order chi connectivity index (χ1) is 7.50. The lowest BCUT2D eigenvalue weighted by Crippen LogP contribution is -2.29. The predicted molar refractivity (Wildman–Crippen MR) is 60.8 cm³/mol. The fourth-order valence-electron chi connectivity index (χ4n) is 1.57. The van der Waals surface area contributed by atoms with Gasteiger partial charge in [0.05, 0.1) is 10.7 Å². The molecule has 1 aromatic carbocycles. The predicted octanol–water partition coefficient (Wildman–Crippen LogP) is 2.90. The molecule has 1 saturated heterocycles. The van der Waals surface area contributed by atoms with Crippen molar-refractivity contribution in [1.29, 1.82) is 0 Å². The summed E-state index contributed by atoms with van der Waals surface area (Å²) in [6, 6.07) is 2.24. The third-order valence-electron chi connectivity index (χ3n) is 2.26. The lowest BCUT2D eigenvalue weighted by Gasteiger charge is -2.17. The van der Waals surface area contributed by atoms with E-state index in [-0.39, 0.29) is 35.4 Å². The molecule has 0 saturated carbocycles. The molecule has 2 rings (SSSR count). The monoisotopic (exact) mass is 305 g/mol. The van der Waals surface area contributed by atoms with Crippen LogP contribution in [0.2, 0.25) is 5.02 Å². The van der Waals surface area contributed by atoms with Crippen LogP contribution in [0.15, 0.2) is 16.6 Å². The highest BCUT2D eigenvalue weighted by Gasteiger charge is 2.33. The molecule has 1 aliphatic heterocycles. The Bertz CT molecular complexity index is 453. The molecule has 0 aromatic heterocycles. The smallest absolute Gasteiger partial charge is 0.234 e. The van der Waals surface area contributed by atoms with E-state index in [4.69, 9.17) is 11.6 Å². The summed E-state index contributed by atoms with van der Waals surface area (Å²) in [5, 5.41) is 0.0375. The molecule has 0 N–H and O–H groups in total. The third kappa shape index (κ3) is 1.85. The molecular weight excluding hydrogens is 300 g/mol. The van der Waals surface area contributed by atoms with Gasteiger partial charge in [-0.25, -0.2) is 9.29 Å². The van der Waals surface area contributed by atoms with E-state index >= 15 is 0 Å². The molecule has 1 fully saturated rings. The number of hydrogen-bond donors (Lipinski definition) is 0. The molecule has 0 radical (unpaired) electrons. The van der Waals surface area contributed by atoms with E-state index in [1.54, 1.807) is 0 Å². The Morgan fingerprint density at radius 1 is 1.25 bits per heavy atom. The molecule has 1 heterocycles. The highest BCUT2D eigenvalue weighted by Crippen LogP contribution is 2.37. The van der Waals surface area contributed by atoms with Gasteiger partial charge in [-0.3, -0.25) is 9.59 Å². The van der Waals surface area contributed by atoms with Crippen LogP contribution in [0.5, 0.6) is 0 Å². The maximum Gasteiger partial charge on any atom is 0.234 e. The summed E-state index contributed by atoms with van der Waals surface area (Å²) in [4.78, 5) is 24.0. The Kier molecular flexibility index (Phi) is 2.99. The van der Waals surface area contributed by atoms with Crippen LogP contribution in [0, 0.1) is 5.82 Å². The van der Waals surface area contributed by atoms with E-state index < -0.39 is 5.82 Å². The molecule has 6 heteroatoms. The SMILES string of the molecule is O=C1CCC(=O)N1c1c(Cl)cc(F)cc1Br. The Morgan fingerprint density at radius 3 is 2.31 bits per heavy atom. The number of halogens is 3. The molecule has 2 amide bonds. The van der Waals surface area contributed by atoms with Gasteiger partial charge in [-0.2, -0.15) is 0 Å². The van der Waals surface area contributed by atoms with Gasteiger partial charge >= 0.3 is 0 Å². The summed E-state index contributed by atoms with van der Waals surface area (Å²) in [6.45, 7) is 0. The van der Waals surface area contributed by atoms with Gasteiger partial charge in [-0.05, 0) is 28.1 Å². The lowest BCUT2D eigenvalue weighted by atomic mass is 10.3. The van der Waals surface area contributed by atoms with Gasteiger partial charge in [0, 0.05) is 17.3 Å². The second-order valence-corrected chi connectivity index (χ2v) is 4.60. The van der Waals surface area contributed by atoms with Crippen LogP contribution in [0.1, 0.15) is 12.8 Å². The van der Waals surface area contributed by atoms with Gasteiger partial charge in [0.25, 0.3) is 0 Å². The molecule has 0 atom stereocenters. The largest absolute Gasteiger partial charge is 0.274 e. The minimum absolute atomic E-state index is 0.0375. The number of hydrogen-bond acceptors (Lipinski definition) is 2. The maximum absolute atomic E-state index is 13.0. The zero-order valence-corrected chi connectivity index (χ0v) is 10.3. The van der Waals surface area contributed by atoms with Gasteiger partial charge < -0.3 is 0 Å². The first-order valence-corrected chi connectivity index (χ1v) is 5.68. The van der Waals surface area contributed by atoms with Crippen LogP contribution in [0.3, 0.4) is 0 Å². The third-order valence-corrected chi connectivity index (χ3v) is 3.15. The zero-order chi connectivity index (χ0) is 11.9. The molecule has 1 aliphatic rings. The molecule has 16 heavy (non-hydrogen) atoms. The van der Waals surface area contributed by atoms with E-state index in [0.717, 1.165) is 11.0 Å². The fraction of sp³-hybridized carbons (Fsp3) is 0.200. The van der Waals surface area contributed by atoms with Crippen molar-refractivity contribution in [3.63, 3.8) is 0 Å². The molecule has 0 spiro atoms. The summed E-state index contributed by atoms with van der Waals surface area (Å²) in [5.41, 5.74) is 0.218. The number of anilines is 1. The van der Waals surface area contributed by atoms with Crippen molar-refractivity contribution in [2.45, 2.75) is 12.8 Å². The number of imide groups is 1. The van der Waals surface area contributed by atoms with E-state index in [2.05, 4.69) is 15.9 Å². The van der Waals surface area contributed by atoms with Crippen molar-refractivity contribution in [2.24, 2.45) is 0 Å². The van der Waals surface area contributed by atoms with Crippen molar-refractivity contribution in [1.82, 2.24) is 0 Å². The molecular formula is C10H6BrClFNO2. The number of benzene rings is 1. The average Bonchev–Trinajstić information content (AvgIpc) is 2.47. The van der Waals surface area contributed by atoms with Crippen LogP contribution in [-0.4, -0.2) is 11.8 Å². The van der Waals surface area contributed by atoms with E-state index in [1.165, 1.54) is 6.07 Å². The molecule has 1 aromatic rings. The number of rotatable bonds is 1. The van der Waals surface area contributed by atoms with Crippen molar-refractivity contribution in [2.75, 3.05) is 4.90 Å². The number of amides is 2. The summed E-state index contributed by atoms with van der Waals surface area (Å²) in [7, 11) is 0. The van der Waals surface area contributed by atoms with Crippen LogP contribution < -0.4 is 4.90 Å². The summed E-state index contributed by atoms with van der Waals surface area (Å²) < 4.78 is 13.3. The van der Waals surface area contributed by atoms with Crippen LogP contribution in [0.4, 0.5) is 10.1 Å². The van der Waals surface area contributed by atoms with Crippen molar-refractivity contribution in [3.8, 4) is 0 Å². The highest BCUT2D eigenvalue weighted by atomic mass is 79.9. The van der Waals surface area contributed by atoms with Crippen LogP contribution in [0.25, 0.3) is 0 Å². The molecule has 0 unspecified atom stereocenters. The standard InChI is InChI=1S/C10H6BrClFNO2/c11-6-3-5(13)4-7(12)10(6)14-8(15)1-2-9(14)16/h3-4H,1-2H2. The number of carbonyl (C=O) groups excluding carboxylic acids is 2. The molecule has 0 bridgehead atoms. The first-order valence-electron chi connectivity index (χ1n) is 4.51. The Hall–Kier alpha value is -0.940. The summed E-state index contributed by atoms with van der Waals surface area (Å²) >= 11 is 8.92. The second kappa shape index (κ2) is 4.14. The Morgan fingerprint density at radius 2 is 1.81 bits per heavy atom. The minimum atomic E-state index is -0.528. The molecule has 84 valence electrons. The summed E-state index contributed by atoms with van der Waals surface area (Å²) in [5.74, 6) is -1.17. The second-order valence-electron chi connectivity index (χ2n) is 3.34. The topological polar surface area (TPSA) is 37.4 Å². The van der Waals surface area contributed by atoms with E-state index in [9.17, 15) is 14.0 Å². The van der Waals surface area contributed by atoms with Crippen LogP contribution in [-0.2, 0) is 9.59 Å².